The van der Waals surface area contributed by atoms with Gasteiger partial charge in [0.05, 0.1) is 0 Å². The molecule has 0 bridgehead atoms. The second-order valence-corrected chi connectivity index (χ2v) is 6.45. The van der Waals surface area contributed by atoms with Crippen molar-refractivity contribution in [3.63, 3.8) is 0 Å². The van der Waals surface area contributed by atoms with Gasteiger partial charge in [-0.1, -0.05) is 48.5 Å². The fraction of sp³-hybridized carbons (Fsp3) is 0.190. The van der Waals surface area contributed by atoms with Gasteiger partial charge in [-0.05, 0) is 46.5 Å². The Morgan fingerprint density at radius 3 is 2.79 bits per heavy atom. The highest BCUT2D eigenvalue weighted by atomic mass is 16.4. The molecular formula is C21H19NO2. The van der Waals surface area contributed by atoms with E-state index >= 15 is 0 Å². The summed E-state index contributed by atoms with van der Waals surface area (Å²) in [5.41, 5.74) is 4.53. The number of carbonyl (C=O) groups is 1. The van der Waals surface area contributed by atoms with Crippen molar-refractivity contribution in [1.82, 2.24) is 0 Å². The Bertz CT molecular complexity index is 932. The first-order chi connectivity index (χ1) is 11.6. The molecular weight excluding hydrogens is 298 g/mol. The van der Waals surface area contributed by atoms with Crippen LogP contribution in [-0.4, -0.2) is 17.1 Å². The van der Waals surface area contributed by atoms with Gasteiger partial charge in [0, 0.05) is 18.7 Å². The standard InChI is InChI=1S/C21H19NO2/c1-14-5-4-7-16-10-9-15(11-18(14)16)13-22-19-8-3-2-6-17(19)12-20(22)21(23)24/h2-11,20H,12-13H2,1H3,(H,23,24). The second-order valence-electron chi connectivity index (χ2n) is 6.45. The Labute approximate surface area is 141 Å². The summed E-state index contributed by atoms with van der Waals surface area (Å²) in [5.74, 6) is -0.761. The van der Waals surface area contributed by atoms with Crippen molar-refractivity contribution in [1.29, 1.82) is 0 Å². The van der Waals surface area contributed by atoms with Gasteiger partial charge >= 0.3 is 5.97 Å². The van der Waals surface area contributed by atoms with Crippen LogP contribution in [0.3, 0.4) is 0 Å². The maximum atomic E-state index is 11.7. The molecule has 1 heterocycles. The molecule has 0 fully saturated rings. The van der Waals surface area contributed by atoms with Crippen molar-refractivity contribution >= 4 is 22.4 Å². The van der Waals surface area contributed by atoms with E-state index < -0.39 is 12.0 Å². The molecule has 1 N–H and O–H groups in total. The Balaban J connectivity index is 1.73. The van der Waals surface area contributed by atoms with Crippen molar-refractivity contribution in [2.24, 2.45) is 0 Å². The monoisotopic (exact) mass is 317 g/mol. The topological polar surface area (TPSA) is 40.5 Å². The summed E-state index contributed by atoms with van der Waals surface area (Å²) in [4.78, 5) is 13.7. The van der Waals surface area contributed by atoms with E-state index in [9.17, 15) is 9.90 Å². The lowest BCUT2D eigenvalue weighted by molar-refractivity contribution is -0.138. The predicted molar refractivity (Wildman–Crippen MR) is 96.4 cm³/mol. The molecule has 0 amide bonds. The third kappa shape index (κ3) is 2.42. The number of hydrogen-bond acceptors (Lipinski definition) is 2. The predicted octanol–water partition coefficient (Wildman–Crippen LogP) is 4.16. The fourth-order valence-electron chi connectivity index (χ4n) is 3.64. The number of carboxylic acids is 1. The van der Waals surface area contributed by atoms with Crippen molar-refractivity contribution in [3.05, 3.63) is 77.4 Å². The van der Waals surface area contributed by atoms with Gasteiger partial charge in [-0.25, -0.2) is 4.79 Å². The Hall–Kier alpha value is -2.81. The van der Waals surface area contributed by atoms with E-state index in [-0.39, 0.29) is 0 Å². The maximum absolute atomic E-state index is 11.7. The van der Waals surface area contributed by atoms with Crippen molar-refractivity contribution in [3.8, 4) is 0 Å². The van der Waals surface area contributed by atoms with E-state index in [1.54, 1.807) is 0 Å². The molecule has 0 spiro atoms. The number of aliphatic carboxylic acids is 1. The van der Waals surface area contributed by atoms with E-state index in [1.807, 2.05) is 29.2 Å². The number of aryl methyl sites for hydroxylation is 1. The smallest absolute Gasteiger partial charge is 0.326 e. The van der Waals surface area contributed by atoms with Gasteiger partial charge in [-0.15, -0.1) is 0 Å². The SMILES string of the molecule is Cc1cccc2ccc(CN3c4ccccc4CC3C(=O)O)cc12. The average Bonchev–Trinajstić information content (AvgIpc) is 2.95. The van der Waals surface area contributed by atoms with Gasteiger partial charge < -0.3 is 10.0 Å². The van der Waals surface area contributed by atoms with E-state index in [2.05, 4.69) is 43.3 Å². The molecule has 4 rings (SSSR count). The summed E-state index contributed by atoms with van der Waals surface area (Å²) in [6, 6.07) is 20.2. The van der Waals surface area contributed by atoms with Gasteiger partial charge in [0.15, 0.2) is 0 Å². The summed E-state index contributed by atoms with van der Waals surface area (Å²) >= 11 is 0. The summed E-state index contributed by atoms with van der Waals surface area (Å²) in [6.45, 7) is 2.72. The Morgan fingerprint density at radius 2 is 1.96 bits per heavy atom. The van der Waals surface area contributed by atoms with E-state index in [1.165, 1.54) is 16.3 Å². The number of fused-ring (bicyclic) bond motifs is 2. The zero-order chi connectivity index (χ0) is 16.7. The first kappa shape index (κ1) is 14.8. The van der Waals surface area contributed by atoms with Crippen LogP contribution in [0.1, 0.15) is 16.7 Å². The van der Waals surface area contributed by atoms with Crippen LogP contribution in [0.25, 0.3) is 10.8 Å². The van der Waals surface area contributed by atoms with E-state index in [4.69, 9.17) is 0 Å². The molecule has 1 aliphatic rings. The lowest BCUT2D eigenvalue weighted by atomic mass is 10.0. The molecule has 1 unspecified atom stereocenters. The van der Waals surface area contributed by atoms with Gasteiger partial charge in [0.1, 0.15) is 6.04 Å². The van der Waals surface area contributed by atoms with Crippen molar-refractivity contribution in [2.75, 3.05) is 4.90 Å². The highest BCUT2D eigenvalue weighted by molar-refractivity contribution is 5.86. The Kier molecular flexibility index (Phi) is 3.49. The minimum Gasteiger partial charge on any atom is -0.480 e. The molecule has 0 saturated heterocycles. The number of rotatable bonds is 3. The normalized spacial score (nSPS) is 16.4. The van der Waals surface area contributed by atoms with E-state index in [0.29, 0.717) is 13.0 Å². The fourth-order valence-corrected chi connectivity index (χ4v) is 3.64. The number of nitrogens with zero attached hydrogens (tertiary/aromatic N) is 1. The zero-order valence-corrected chi connectivity index (χ0v) is 13.6. The minimum absolute atomic E-state index is 0.491. The van der Waals surface area contributed by atoms with Gasteiger partial charge in [0.25, 0.3) is 0 Å². The largest absolute Gasteiger partial charge is 0.480 e. The summed E-state index contributed by atoms with van der Waals surface area (Å²) in [5, 5.41) is 12.1. The molecule has 3 aromatic rings. The summed E-state index contributed by atoms with van der Waals surface area (Å²) < 4.78 is 0. The molecule has 1 aliphatic heterocycles. The number of carboxylic acid groups (broad SMARTS) is 1. The van der Waals surface area contributed by atoms with Crippen LogP contribution in [0.4, 0.5) is 5.69 Å². The van der Waals surface area contributed by atoms with Crippen LogP contribution in [0.2, 0.25) is 0 Å². The van der Waals surface area contributed by atoms with Crippen LogP contribution in [0.15, 0.2) is 60.7 Å². The van der Waals surface area contributed by atoms with Crippen molar-refractivity contribution < 1.29 is 9.90 Å². The van der Waals surface area contributed by atoms with Gasteiger partial charge in [-0.2, -0.15) is 0 Å². The highest BCUT2D eigenvalue weighted by Gasteiger charge is 2.34. The molecule has 0 aliphatic carbocycles. The third-order valence-electron chi connectivity index (χ3n) is 4.89. The maximum Gasteiger partial charge on any atom is 0.326 e. The minimum atomic E-state index is -0.761. The third-order valence-corrected chi connectivity index (χ3v) is 4.89. The number of anilines is 1. The number of benzene rings is 3. The van der Waals surface area contributed by atoms with Crippen molar-refractivity contribution in [2.45, 2.75) is 25.9 Å². The van der Waals surface area contributed by atoms with Gasteiger partial charge in [0.2, 0.25) is 0 Å². The Morgan fingerprint density at radius 1 is 1.12 bits per heavy atom. The first-order valence-electron chi connectivity index (χ1n) is 8.19. The lowest BCUT2D eigenvalue weighted by Gasteiger charge is -2.25. The molecule has 24 heavy (non-hydrogen) atoms. The molecule has 0 radical (unpaired) electrons. The first-order valence-corrected chi connectivity index (χ1v) is 8.19. The number of para-hydroxylation sites is 1. The lowest BCUT2D eigenvalue weighted by Crippen LogP contribution is -2.38. The molecule has 3 heteroatoms. The van der Waals surface area contributed by atoms with Crippen LogP contribution in [0, 0.1) is 6.92 Å². The zero-order valence-electron chi connectivity index (χ0n) is 13.6. The van der Waals surface area contributed by atoms with Gasteiger partial charge in [-0.3, -0.25) is 0 Å². The van der Waals surface area contributed by atoms with Crippen LogP contribution < -0.4 is 4.90 Å². The van der Waals surface area contributed by atoms with Crippen LogP contribution in [0.5, 0.6) is 0 Å². The quantitative estimate of drug-likeness (QED) is 0.788. The van der Waals surface area contributed by atoms with Crippen LogP contribution in [-0.2, 0) is 17.8 Å². The highest BCUT2D eigenvalue weighted by Crippen LogP contribution is 2.34. The molecule has 120 valence electrons. The second kappa shape index (κ2) is 5.68. The molecule has 0 saturated carbocycles. The summed E-state index contributed by atoms with van der Waals surface area (Å²) in [7, 11) is 0. The van der Waals surface area contributed by atoms with E-state index in [0.717, 1.165) is 16.8 Å². The molecule has 3 aromatic carbocycles. The summed E-state index contributed by atoms with van der Waals surface area (Å²) in [6.07, 6.45) is 0.568. The average molecular weight is 317 g/mol. The molecule has 0 aromatic heterocycles. The molecule has 3 nitrogen and oxygen atoms in total. The van der Waals surface area contributed by atoms with Crippen LogP contribution >= 0.6 is 0 Å². The number of hydrogen-bond donors (Lipinski definition) is 1. The molecule has 1 atom stereocenters.